The second-order valence-electron chi connectivity index (χ2n) is 7.49. The average molecular weight is 376 g/mol. The van der Waals surface area contributed by atoms with Crippen molar-refractivity contribution in [1.29, 1.82) is 0 Å². The molecule has 0 spiro atoms. The molecule has 0 unspecified atom stereocenters. The SMILES string of the molecule is CCN(CC(=O)Nc1ccccc1OC)CC(=O)N[C@@H]1CCC[C@H](C)[C@@H]1C. The summed E-state index contributed by atoms with van der Waals surface area (Å²) in [7, 11) is 1.57. The number of para-hydroxylation sites is 2. The predicted molar refractivity (Wildman–Crippen MR) is 108 cm³/mol. The third-order valence-corrected chi connectivity index (χ3v) is 5.62. The summed E-state index contributed by atoms with van der Waals surface area (Å²) in [6, 6.07) is 7.53. The maximum atomic E-state index is 12.5. The van der Waals surface area contributed by atoms with Gasteiger partial charge in [-0.25, -0.2) is 0 Å². The van der Waals surface area contributed by atoms with Crippen molar-refractivity contribution in [2.45, 2.75) is 46.1 Å². The number of anilines is 1. The molecule has 0 heterocycles. The van der Waals surface area contributed by atoms with Crippen LogP contribution in [0, 0.1) is 11.8 Å². The zero-order valence-electron chi connectivity index (χ0n) is 17.0. The second-order valence-corrected chi connectivity index (χ2v) is 7.49. The third kappa shape index (κ3) is 6.24. The fraction of sp³-hybridized carbons (Fsp3) is 0.619. The maximum Gasteiger partial charge on any atom is 0.238 e. The Hall–Kier alpha value is -2.08. The second kappa shape index (κ2) is 10.3. The van der Waals surface area contributed by atoms with Gasteiger partial charge < -0.3 is 15.4 Å². The van der Waals surface area contributed by atoms with Crippen molar-refractivity contribution in [2.24, 2.45) is 11.8 Å². The molecule has 1 saturated carbocycles. The Kier molecular flexibility index (Phi) is 8.10. The summed E-state index contributed by atoms with van der Waals surface area (Å²) in [5.41, 5.74) is 0.635. The third-order valence-electron chi connectivity index (χ3n) is 5.62. The molecule has 0 radical (unpaired) electrons. The van der Waals surface area contributed by atoms with Gasteiger partial charge in [-0.1, -0.05) is 45.7 Å². The van der Waals surface area contributed by atoms with E-state index < -0.39 is 0 Å². The Morgan fingerprint density at radius 2 is 1.85 bits per heavy atom. The van der Waals surface area contributed by atoms with Crippen LogP contribution in [0.5, 0.6) is 5.75 Å². The first kappa shape index (κ1) is 21.2. The van der Waals surface area contributed by atoms with Crippen molar-refractivity contribution in [3.63, 3.8) is 0 Å². The van der Waals surface area contributed by atoms with Crippen LogP contribution in [-0.4, -0.2) is 49.5 Å². The van der Waals surface area contributed by atoms with Gasteiger partial charge in [0, 0.05) is 6.04 Å². The van der Waals surface area contributed by atoms with E-state index in [9.17, 15) is 9.59 Å². The van der Waals surface area contributed by atoms with E-state index in [0.29, 0.717) is 29.8 Å². The van der Waals surface area contributed by atoms with Crippen molar-refractivity contribution in [1.82, 2.24) is 10.2 Å². The van der Waals surface area contributed by atoms with E-state index >= 15 is 0 Å². The molecule has 1 aromatic carbocycles. The number of rotatable bonds is 8. The summed E-state index contributed by atoms with van der Waals surface area (Å²) in [4.78, 5) is 26.7. The lowest BCUT2D eigenvalue weighted by Gasteiger charge is -2.35. The first-order chi connectivity index (χ1) is 12.9. The van der Waals surface area contributed by atoms with Crippen LogP contribution < -0.4 is 15.4 Å². The zero-order valence-corrected chi connectivity index (χ0v) is 17.0. The van der Waals surface area contributed by atoms with Crippen molar-refractivity contribution in [3.05, 3.63) is 24.3 Å². The predicted octanol–water partition coefficient (Wildman–Crippen LogP) is 2.90. The normalized spacial score (nSPS) is 22.3. The highest BCUT2D eigenvalue weighted by Gasteiger charge is 2.28. The average Bonchev–Trinajstić information content (AvgIpc) is 2.65. The van der Waals surface area contributed by atoms with Crippen molar-refractivity contribution in [3.8, 4) is 5.75 Å². The Bertz CT molecular complexity index is 635. The number of ether oxygens (including phenoxy) is 1. The van der Waals surface area contributed by atoms with Crippen molar-refractivity contribution in [2.75, 3.05) is 32.1 Å². The highest BCUT2D eigenvalue weighted by atomic mass is 16.5. The standard InChI is InChI=1S/C21H33N3O3/c1-5-24(13-20(25)22-17-11-8-9-15(2)16(17)3)14-21(26)23-18-10-6-7-12-19(18)27-4/h6-7,10,12,15-17H,5,8-9,11,13-14H2,1-4H3,(H,22,25)(H,23,26)/t15-,16-,17+/m0/s1. The van der Waals surface area contributed by atoms with Crippen LogP contribution in [-0.2, 0) is 9.59 Å². The van der Waals surface area contributed by atoms with E-state index in [2.05, 4.69) is 24.5 Å². The number of carbonyl (C=O) groups excluding carboxylic acids is 2. The first-order valence-electron chi connectivity index (χ1n) is 9.89. The number of hydrogen-bond acceptors (Lipinski definition) is 4. The molecule has 2 amide bonds. The molecule has 3 atom stereocenters. The lowest BCUT2D eigenvalue weighted by molar-refractivity contribution is -0.124. The van der Waals surface area contributed by atoms with Gasteiger partial charge in [-0.2, -0.15) is 0 Å². The fourth-order valence-corrected chi connectivity index (χ4v) is 3.66. The van der Waals surface area contributed by atoms with E-state index in [4.69, 9.17) is 4.74 Å². The van der Waals surface area contributed by atoms with Crippen LogP contribution >= 0.6 is 0 Å². The Morgan fingerprint density at radius 3 is 2.56 bits per heavy atom. The van der Waals surface area contributed by atoms with Gasteiger partial charge in [-0.15, -0.1) is 0 Å². The summed E-state index contributed by atoms with van der Waals surface area (Å²) in [6.07, 6.45) is 3.44. The van der Waals surface area contributed by atoms with Crippen LogP contribution in [0.3, 0.4) is 0 Å². The minimum absolute atomic E-state index is 0.00658. The Morgan fingerprint density at radius 1 is 1.15 bits per heavy atom. The monoisotopic (exact) mass is 375 g/mol. The lowest BCUT2D eigenvalue weighted by atomic mass is 9.78. The number of nitrogens with zero attached hydrogens (tertiary/aromatic N) is 1. The summed E-state index contributed by atoms with van der Waals surface area (Å²) in [6.45, 7) is 7.45. The molecular weight excluding hydrogens is 342 g/mol. The number of amides is 2. The molecule has 0 aliphatic heterocycles. The highest BCUT2D eigenvalue weighted by Crippen LogP contribution is 2.29. The number of nitrogens with one attached hydrogen (secondary N) is 2. The highest BCUT2D eigenvalue weighted by molar-refractivity contribution is 5.94. The molecule has 1 fully saturated rings. The molecular formula is C21H33N3O3. The molecule has 0 saturated heterocycles. The summed E-state index contributed by atoms with van der Waals surface area (Å²) < 4.78 is 5.25. The van der Waals surface area contributed by atoms with Crippen LogP contribution in [0.4, 0.5) is 5.69 Å². The van der Waals surface area contributed by atoms with Gasteiger partial charge in [0.25, 0.3) is 0 Å². The molecule has 6 heteroatoms. The summed E-state index contributed by atoms with van der Waals surface area (Å²) in [5.74, 6) is 1.58. The van der Waals surface area contributed by atoms with E-state index in [1.54, 1.807) is 19.2 Å². The number of hydrogen-bond donors (Lipinski definition) is 2. The molecule has 2 rings (SSSR count). The Labute approximate surface area is 162 Å². The van der Waals surface area contributed by atoms with Gasteiger partial charge in [0.1, 0.15) is 5.75 Å². The van der Waals surface area contributed by atoms with E-state index in [1.165, 1.54) is 6.42 Å². The number of benzene rings is 1. The van der Waals surface area contributed by atoms with Gasteiger partial charge in [0.15, 0.2) is 0 Å². The van der Waals surface area contributed by atoms with E-state index in [1.807, 2.05) is 24.0 Å². The van der Waals surface area contributed by atoms with Gasteiger partial charge in [0.2, 0.25) is 11.8 Å². The van der Waals surface area contributed by atoms with Crippen molar-refractivity contribution >= 4 is 17.5 Å². The molecule has 150 valence electrons. The minimum Gasteiger partial charge on any atom is -0.495 e. The quantitative estimate of drug-likeness (QED) is 0.733. The molecule has 1 aromatic rings. The molecule has 27 heavy (non-hydrogen) atoms. The summed E-state index contributed by atoms with van der Waals surface area (Å²) >= 11 is 0. The molecule has 1 aliphatic carbocycles. The van der Waals surface area contributed by atoms with Crippen molar-refractivity contribution < 1.29 is 14.3 Å². The van der Waals surface area contributed by atoms with Gasteiger partial charge >= 0.3 is 0 Å². The zero-order chi connectivity index (χ0) is 19.8. The molecule has 2 N–H and O–H groups in total. The van der Waals surface area contributed by atoms with Crippen LogP contribution in [0.1, 0.15) is 40.0 Å². The first-order valence-corrected chi connectivity index (χ1v) is 9.89. The topological polar surface area (TPSA) is 70.7 Å². The fourth-order valence-electron chi connectivity index (χ4n) is 3.66. The van der Waals surface area contributed by atoms with Gasteiger partial charge in [-0.05, 0) is 36.9 Å². The molecule has 6 nitrogen and oxygen atoms in total. The summed E-state index contributed by atoms with van der Waals surface area (Å²) in [5, 5.41) is 6.03. The Balaban J connectivity index is 1.85. The van der Waals surface area contributed by atoms with E-state index in [-0.39, 0.29) is 30.9 Å². The van der Waals surface area contributed by atoms with Crippen LogP contribution in [0.15, 0.2) is 24.3 Å². The number of carbonyl (C=O) groups is 2. The van der Waals surface area contributed by atoms with Crippen LogP contribution in [0.2, 0.25) is 0 Å². The largest absolute Gasteiger partial charge is 0.495 e. The smallest absolute Gasteiger partial charge is 0.238 e. The molecule has 0 aromatic heterocycles. The minimum atomic E-state index is -0.159. The van der Waals surface area contributed by atoms with Gasteiger partial charge in [0.05, 0.1) is 25.9 Å². The van der Waals surface area contributed by atoms with Gasteiger partial charge in [-0.3, -0.25) is 14.5 Å². The maximum absolute atomic E-state index is 12.5. The lowest BCUT2D eigenvalue weighted by Crippen LogP contribution is -2.48. The number of likely N-dealkylation sites (N-methyl/N-ethyl adjacent to an activating group) is 1. The number of methoxy groups -OCH3 is 1. The molecule has 0 bridgehead atoms. The molecule has 1 aliphatic rings. The van der Waals surface area contributed by atoms with Crippen LogP contribution in [0.25, 0.3) is 0 Å². The van der Waals surface area contributed by atoms with E-state index in [0.717, 1.165) is 12.8 Å².